The summed E-state index contributed by atoms with van der Waals surface area (Å²) in [6, 6.07) is 11.0. The molecule has 0 saturated carbocycles. The summed E-state index contributed by atoms with van der Waals surface area (Å²) in [5.41, 5.74) is 3.23. The van der Waals surface area contributed by atoms with Crippen molar-refractivity contribution in [3.63, 3.8) is 0 Å². The molecule has 4 rings (SSSR count). The van der Waals surface area contributed by atoms with E-state index in [1.165, 1.54) is 4.90 Å². The molecule has 5 nitrogen and oxygen atoms in total. The molecule has 0 saturated heterocycles. The van der Waals surface area contributed by atoms with Crippen molar-refractivity contribution in [2.75, 3.05) is 19.4 Å². The predicted octanol–water partition coefficient (Wildman–Crippen LogP) is 3.67. The summed E-state index contributed by atoms with van der Waals surface area (Å²) in [5.74, 6) is -0.281. The van der Waals surface area contributed by atoms with Gasteiger partial charge in [0.2, 0.25) is 5.76 Å². The fourth-order valence-corrected chi connectivity index (χ4v) is 4.39. The van der Waals surface area contributed by atoms with Crippen LogP contribution in [0.4, 0.5) is 0 Å². The Labute approximate surface area is 167 Å². The number of nitrogens with zero attached hydrogens (tertiary/aromatic N) is 1. The normalized spacial score (nSPS) is 16.1. The Bertz CT molecular complexity index is 1130. The zero-order valence-corrected chi connectivity index (χ0v) is 16.8. The van der Waals surface area contributed by atoms with Gasteiger partial charge in [0.15, 0.2) is 5.43 Å². The van der Waals surface area contributed by atoms with Crippen LogP contribution in [0.3, 0.4) is 0 Å². The Morgan fingerprint density at radius 2 is 1.86 bits per heavy atom. The molecule has 0 spiro atoms. The van der Waals surface area contributed by atoms with E-state index >= 15 is 0 Å². The maximum absolute atomic E-state index is 13.4. The second kappa shape index (κ2) is 7.11. The molecular weight excluding hydrogens is 374 g/mol. The zero-order valence-electron chi connectivity index (χ0n) is 16.0. The molecule has 0 radical (unpaired) electrons. The minimum Gasteiger partial charge on any atom is -0.450 e. The minimum atomic E-state index is -0.563. The first-order chi connectivity index (χ1) is 13.5. The monoisotopic (exact) mass is 395 g/mol. The number of carbonyl (C=O) groups is 1. The van der Waals surface area contributed by atoms with Crippen LogP contribution in [-0.2, 0) is 0 Å². The second-order valence-electron chi connectivity index (χ2n) is 7.03. The lowest BCUT2D eigenvalue weighted by Gasteiger charge is -2.24. The average Bonchev–Trinajstić information content (AvgIpc) is 2.94. The van der Waals surface area contributed by atoms with Crippen LogP contribution in [0.1, 0.15) is 38.9 Å². The molecule has 1 aliphatic heterocycles. The van der Waals surface area contributed by atoms with Gasteiger partial charge in [0.1, 0.15) is 5.58 Å². The third kappa shape index (κ3) is 2.84. The number of rotatable bonds is 4. The molecule has 3 aromatic rings. The third-order valence-electron chi connectivity index (χ3n) is 5.18. The summed E-state index contributed by atoms with van der Waals surface area (Å²) in [4.78, 5) is 29.1. The van der Waals surface area contributed by atoms with Crippen molar-refractivity contribution in [2.45, 2.75) is 24.8 Å². The Morgan fingerprint density at radius 1 is 1.14 bits per heavy atom. The van der Waals surface area contributed by atoms with E-state index in [1.807, 2.05) is 50.4 Å². The summed E-state index contributed by atoms with van der Waals surface area (Å²) in [6.45, 7) is 3.75. The Balaban J connectivity index is 2.00. The molecule has 0 unspecified atom stereocenters. The lowest BCUT2D eigenvalue weighted by atomic mass is 9.97. The van der Waals surface area contributed by atoms with Crippen LogP contribution < -0.4 is 5.43 Å². The summed E-state index contributed by atoms with van der Waals surface area (Å²) < 4.78 is 5.96. The number of aryl methyl sites for hydroxylation is 2. The van der Waals surface area contributed by atoms with E-state index < -0.39 is 6.04 Å². The molecule has 28 heavy (non-hydrogen) atoms. The number of benzene rings is 2. The van der Waals surface area contributed by atoms with Crippen LogP contribution in [0.5, 0.6) is 0 Å². The fourth-order valence-electron chi connectivity index (χ4n) is 3.98. The first-order valence-electron chi connectivity index (χ1n) is 9.10. The summed E-state index contributed by atoms with van der Waals surface area (Å²) >= 11 is 1.62. The van der Waals surface area contributed by atoms with Crippen LogP contribution >= 0.6 is 11.8 Å². The number of hydrogen-bond acceptors (Lipinski definition) is 5. The van der Waals surface area contributed by atoms with Crippen LogP contribution in [-0.4, -0.2) is 35.3 Å². The van der Waals surface area contributed by atoms with Crippen molar-refractivity contribution in [1.82, 2.24) is 4.90 Å². The topological polar surface area (TPSA) is 70.8 Å². The van der Waals surface area contributed by atoms with Crippen LogP contribution in [0.15, 0.2) is 50.5 Å². The van der Waals surface area contributed by atoms with E-state index in [0.717, 1.165) is 21.6 Å². The largest absolute Gasteiger partial charge is 0.450 e. The van der Waals surface area contributed by atoms with E-state index in [-0.39, 0.29) is 30.2 Å². The van der Waals surface area contributed by atoms with Crippen LogP contribution in [0, 0.1) is 13.8 Å². The Morgan fingerprint density at radius 3 is 2.50 bits per heavy atom. The van der Waals surface area contributed by atoms with Crippen molar-refractivity contribution in [2.24, 2.45) is 0 Å². The number of aliphatic hydroxyl groups is 1. The molecular formula is C22H21NO4S. The van der Waals surface area contributed by atoms with Gasteiger partial charge in [-0.25, -0.2) is 0 Å². The maximum atomic E-state index is 13.4. The average molecular weight is 395 g/mol. The van der Waals surface area contributed by atoms with Gasteiger partial charge in [0, 0.05) is 11.4 Å². The van der Waals surface area contributed by atoms with Crippen molar-refractivity contribution < 1.29 is 14.3 Å². The molecule has 2 aromatic carbocycles. The third-order valence-corrected chi connectivity index (χ3v) is 5.93. The summed E-state index contributed by atoms with van der Waals surface area (Å²) in [6.07, 6.45) is 1.99. The molecule has 1 atom stereocenters. The molecule has 1 aliphatic rings. The quantitative estimate of drug-likeness (QED) is 0.683. The number of thioether (sulfide) groups is 1. The minimum absolute atomic E-state index is 0.0786. The molecule has 0 fully saturated rings. The fraction of sp³-hybridized carbons (Fsp3) is 0.273. The van der Waals surface area contributed by atoms with Crippen molar-refractivity contribution in [3.05, 3.63) is 74.6 Å². The van der Waals surface area contributed by atoms with Gasteiger partial charge in [-0.1, -0.05) is 18.2 Å². The lowest BCUT2D eigenvalue weighted by molar-refractivity contribution is 0.0691. The van der Waals surface area contributed by atoms with Crippen molar-refractivity contribution in [3.8, 4) is 0 Å². The number of aliphatic hydroxyl groups excluding tert-OH is 1. The Kier molecular flexibility index (Phi) is 4.77. The van der Waals surface area contributed by atoms with Gasteiger partial charge in [0.05, 0.1) is 23.6 Å². The van der Waals surface area contributed by atoms with Gasteiger partial charge < -0.3 is 14.4 Å². The Hall–Kier alpha value is -2.57. The molecule has 6 heteroatoms. The summed E-state index contributed by atoms with van der Waals surface area (Å²) in [5, 5.41) is 10.0. The highest BCUT2D eigenvalue weighted by molar-refractivity contribution is 7.98. The van der Waals surface area contributed by atoms with E-state index in [4.69, 9.17) is 4.42 Å². The standard InChI is InChI=1S/C22H21NO4S/c1-12-10-13(2)17-16(11-12)27-21-18(20(17)25)19(23(8-9-24)22(21)26)14-4-6-15(28-3)7-5-14/h4-7,10-11,19,24H,8-9H2,1-3H3/t19-/m0/s1. The lowest BCUT2D eigenvalue weighted by Crippen LogP contribution is -2.32. The number of carbonyl (C=O) groups excluding carboxylic acids is 1. The van der Waals surface area contributed by atoms with Gasteiger partial charge in [-0.2, -0.15) is 0 Å². The molecule has 2 heterocycles. The number of β-amino-alcohol motifs (C(OH)–C–C–N with tert-alkyl or cyclic N) is 1. The highest BCUT2D eigenvalue weighted by Gasteiger charge is 2.42. The number of fused-ring (bicyclic) bond motifs is 2. The van der Waals surface area contributed by atoms with Gasteiger partial charge in [-0.3, -0.25) is 9.59 Å². The molecule has 0 bridgehead atoms. The van der Waals surface area contributed by atoms with Crippen LogP contribution in [0.2, 0.25) is 0 Å². The van der Waals surface area contributed by atoms with E-state index in [2.05, 4.69) is 0 Å². The van der Waals surface area contributed by atoms with Crippen molar-refractivity contribution in [1.29, 1.82) is 0 Å². The second-order valence-corrected chi connectivity index (χ2v) is 7.91. The SMILES string of the molecule is CSc1ccc([C@H]2c3c(oc4cc(C)cc(C)c4c3=O)C(=O)N2CCO)cc1. The van der Waals surface area contributed by atoms with E-state index in [1.54, 1.807) is 17.8 Å². The molecule has 144 valence electrons. The highest BCUT2D eigenvalue weighted by Crippen LogP contribution is 2.38. The molecule has 1 amide bonds. The first kappa shape index (κ1) is 18.8. The maximum Gasteiger partial charge on any atom is 0.290 e. The first-order valence-corrected chi connectivity index (χ1v) is 10.3. The van der Waals surface area contributed by atoms with Gasteiger partial charge in [0.25, 0.3) is 5.91 Å². The summed E-state index contributed by atoms with van der Waals surface area (Å²) in [7, 11) is 0. The van der Waals surface area contributed by atoms with Gasteiger partial charge in [-0.15, -0.1) is 11.8 Å². The zero-order chi connectivity index (χ0) is 20.0. The van der Waals surface area contributed by atoms with Crippen LogP contribution in [0.25, 0.3) is 11.0 Å². The molecule has 1 N–H and O–H groups in total. The number of hydrogen-bond donors (Lipinski definition) is 1. The molecule has 1 aromatic heterocycles. The van der Waals surface area contributed by atoms with Gasteiger partial charge >= 0.3 is 0 Å². The highest BCUT2D eigenvalue weighted by atomic mass is 32.2. The van der Waals surface area contributed by atoms with E-state index in [9.17, 15) is 14.7 Å². The van der Waals surface area contributed by atoms with E-state index in [0.29, 0.717) is 16.5 Å². The number of amides is 1. The molecule has 0 aliphatic carbocycles. The predicted molar refractivity (Wildman–Crippen MR) is 110 cm³/mol. The smallest absolute Gasteiger partial charge is 0.290 e. The van der Waals surface area contributed by atoms with Crippen molar-refractivity contribution >= 4 is 28.6 Å². The van der Waals surface area contributed by atoms with Gasteiger partial charge in [-0.05, 0) is 55.0 Å².